The van der Waals surface area contributed by atoms with Crippen molar-refractivity contribution in [2.45, 2.75) is 46.3 Å². The Balaban J connectivity index is 2.02. The molecule has 0 aliphatic rings. The first-order valence-electron chi connectivity index (χ1n) is 7.04. The van der Waals surface area contributed by atoms with Crippen molar-refractivity contribution in [2.75, 3.05) is 13.1 Å². The van der Waals surface area contributed by atoms with Crippen molar-refractivity contribution < 1.29 is 4.74 Å². The molecule has 1 rings (SSSR count). The van der Waals surface area contributed by atoms with E-state index in [0.717, 1.165) is 32.0 Å². The quantitative estimate of drug-likeness (QED) is 0.675. The van der Waals surface area contributed by atoms with E-state index in [9.17, 15) is 0 Å². The zero-order valence-corrected chi connectivity index (χ0v) is 12.0. The second kappa shape index (κ2) is 9.12. The molecule has 1 aromatic carbocycles. The average molecular weight is 249 g/mol. The monoisotopic (exact) mass is 249 g/mol. The van der Waals surface area contributed by atoms with E-state index in [2.05, 4.69) is 50.4 Å². The van der Waals surface area contributed by atoms with Gasteiger partial charge in [-0.3, -0.25) is 0 Å². The predicted molar refractivity (Wildman–Crippen MR) is 77.6 cm³/mol. The Bertz CT molecular complexity index is 297. The number of hydrogen-bond donors (Lipinski definition) is 1. The van der Waals surface area contributed by atoms with Gasteiger partial charge in [0.15, 0.2) is 0 Å². The van der Waals surface area contributed by atoms with Gasteiger partial charge in [0.05, 0.1) is 12.7 Å². The highest BCUT2D eigenvalue weighted by Gasteiger charge is 2.02. The lowest BCUT2D eigenvalue weighted by atomic mass is 10.2. The molecule has 0 aliphatic carbocycles. The van der Waals surface area contributed by atoms with Crippen LogP contribution in [0.4, 0.5) is 0 Å². The molecule has 1 aromatic rings. The van der Waals surface area contributed by atoms with Crippen LogP contribution in [0.15, 0.2) is 30.3 Å². The molecule has 0 aliphatic heterocycles. The fourth-order valence-electron chi connectivity index (χ4n) is 1.80. The molecular formula is C16H27NO. The Labute approximate surface area is 112 Å². The van der Waals surface area contributed by atoms with Gasteiger partial charge in [0.2, 0.25) is 0 Å². The van der Waals surface area contributed by atoms with E-state index in [1.54, 1.807) is 0 Å². The fraction of sp³-hybridized carbons (Fsp3) is 0.625. The Hall–Kier alpha value is -0.860. The van der Waals surface area contributed by atoms with Gasteiger partial charge in [0, 0.05) is 0 Å². The second-order valence-corrected chi connectivity index (χ2v) is 5.35. The minimum absolute atomic E-state index is 0.339. The summed E-state index contributed by atoms with van der Waals surface area (Å²) in [5, 5.41) is 3.46. The number of ether oxygens (including phenoxy) is 1. The highest BCUT2D eigenvalue weighted by Crippen LogP contribution is 2.06. The number of benzene rings is 1. The van der Waals surface area contributed by atoms with Crippen molar-refractivity contribution in [1.29, 1.82) is 0 Å². The normalized spacial score (nSPS) is 12.9. The molecule has 0 saturated carbocycles. The second-order valence-electron chi connectivity index (χ2n) is 5.35. The van der Waals surface area contributed by atoms with Crippen LogP contribution in [0, 0.1) is 5.92 Å². The lowest BCUT2D eigenvalue weighted by Gasteiger charge is -2.13. The Morgan fingerprint density at radius 1 is 1.11 bits per heavy atom. The largest absolute Gasteiger partial charge is 0.374 e. The zero-order valence-electron chi connectivity index (χ0n) is 12.0. The maximum Gasteiger partial charge on any atom is 0.0720 e. The van der Waals surface area contributed by atoms with E-state index in [4.69, 9.17) is 4.74 Å². The maximum absolute atomic E-state index is 5.83. The van der Waals surface area contributed by atoms with Gasteiger partial charge >= 0.3 is 0 Å². The van der Waals surface area contributed by atoms with Crippen molar-refractivity contribution in [3.63, 3.8) is 0 Å². The van der Waals surface area contributed by atoms with Crippen molar-refractivity contribution in [3.8, 4) is 0 Å². The minimum Gasteiger partial charge on any atom is -0.374 e. The summed E-state index contributed by atoms with van der Waals surface area (Å²) in [4.78, 5) is 0. The lowest BCUT2D eigenvalue weighted by Crippen LogP contribution is -2.21. The summed E-state index contributed by atoms with van der Waals surface area (Å²) >= 11 is 0. The fourth-order valence-corrected chi connectivity index (χ4v) is 1.80. The molecule has 2 heteroatoms. The topological polar surface area (TPSA) is 21.3 Å². The van der Waals surface area contributed by atoms with E-state index in [0.29, 0.717) is 6.10 Å². The molecule has 0 fully saturated rings. The molecule has 0 aromatic heterocycles. The maximum atomic E-state index is 5.83. The summed E-state index contributed by atoms with van der Waals surface area (Å²) in [6, 6.07) is 10.4. The molecule has 1 atom stereocenters. The van der Waals surface area contributed by atoms with E-state index < -0.39 is 0 Å². The van der Waals surface area contributed by atoms with E-state index in [1.807, 2.05) is 6.07 Å². The SMILES string of the molecule is CC(C)CNCCCC(C)OCc1ccccc1. The Morgan fingerprint density at radius 3 is 2.50 bits per heavy atom. The van der Waals surface area contributed by atoms with Gasteiger partial charge < -0.3 is 10.1 Å². The van der Waals surface area contributed by atoms with Crippen LogP contribution in [0.3, 0.4) is 0 Å². The molecule has 18 heavy (non-hydrogen) atoms. The van der Waals surface area contributed by atoms with Gasteiger partial charge in [-0.25, -0.2) is 0 Å². The molecule has 0 heterocycles. The third-order valence-electron chi connectivity index (χ3n) is 2.89. The molecule has 0 bridgehead atoms. The zero-order chi connectivity index (χ0) is 13.2. The summed E-state index contributed by atoms with van der Waals surface area (Å²) in [6.07, 6.45) is 2.65. The highest BCUT2D eigenvalue weighted by atomic mass is 16.5. The molecule has 1 unspecified atom stereocenters. The number of hydrogen-bond acceptors (Lipinski definition) is 2. The first-order valence-corrected chi connectivity index (χ1v) is 7.04. The van der Waals surface area contributed by atoms with Gasteiger partial charge in [-0.1, -0.05) is 44.2 Å². The summed E-state index contributed by atoms with van der Waals surface area (Å²) in [5.41, 5.74) is 1.25. The first kappa shape index (κ1) is 15.2. The van der Waals surface area contributed by atoms with Crippen molar-refractivity contribution in [1.82, 2.24) is 5.32 Å². The van der Waals surface area contributed by atoms with Crippen molar-refractivity contribution in [3.05, 3.63) is 35.9 Å². The molecule has 2 nitrogen and oxygen atoms in total. The molecule has 0 amide bonds. The van der Waals surface area contributed by atoms with E-state index >= 15 is 0 Å². The van der Waals surface area contributed by atoms with Crippen LogP contribution in [-0.4, -0.2) is 19.2 Å². The van der Waals surface area contributed by atoms with Crippen LogP contribution in [0.1, 0.15) is 39.2 Å². The Morgan fingerprint density at radius 2 is 1.83 bits per heavy atom. The van der Waals surface area contributed by atoms with Crippen LogP contribution in [-0.2, 0) is 11.3 Å². The lowest BCUT2D eigenvalue weighted by molar-refractivity contribution is 0.0463. The van der Waals surface area contributed by atoms with Gasteiger partial charge in [-0.15, -0.1) is 0 Å². The Kier molecular flexibility index (Phi) is 7.70. The minimum atomic E-state index is 0.339. The van der Waals surface area contributed by atoms with Crippen molar-refractivity contribution >= 4 is 0 Å². The third kappa shape index (κ3) is 7.46. The highest BCUT2D eigenvalue weighted by molar-refractivity contribution is 5.13. The van der Waals surface area contributed by atoms with Crippen molar-refractivity contribution in [2.24, 2.45) is 5.92 Å². The first-order chi connectivity index (χ1) is 8.68. The molecule has 1 N–H and O–H groups in total. The molecule has 0 spiro atoms. The summed E-state index contributed by atoms with van der Waals surface area (Å²) < 4.78 is 5.83. The van der Waals surface area contributed by atoms with Gasteiger partial charge in [0.1, 0.15) is 0 Å². The van der Waals surface area contributed by atoms with Gasteiger partial charge in [0.25, 0.3) is 0 Å². The molecule has 0 saturated heterocycles. The molecule has 0 radical (unpaired) electrons. The summed E-state index contributed by atoms with van der Waals surface area (Å²) in [6.45, 7) is 9.56. The van der Waals surface area contributed by atoms with Crippen LogP contribution in [0.5, 0.6) is 0 Å². The molecule has 102 valence electrons. The number of nitrogens with one attached hydrogen (secondary N) is 1. The smallest absolute Gasteiger partial charge is 0.0720 e. The van der Waals surface area contributed by atoms with Gasteiger partial charge in [-0.05, 0) is 44.3 Å². The number of rotatable bonds is 9. The average Bonchev–Trinajstić information content (AvgIpc) is 2.37. The third-order valence-corrected chi connectivity index (χ3v) is 2.89. The van der Waals surface area contributed by atoms with E-state index in [1.165, 1.54) is 12.0 Å². The van der Waals surface area contributed by atoms with E-state index in [-0.39, 0.29) is 0 Å². The van der Waals surface area contributed by atoms with Crippen LogP contribution in [0.2, 0.25) is 0 Å². The van der Waals surface area contributed by atoms with Crippen LogP contribution >= 0.6 is 0 Å². The van der Waals surface area contributed by atoms with Crippen LogP contribution in [0.25, 0.3) is 0 Å². The standard InChI is InChI=1S/C16H27NO/c1-14(2)12-17-11-7-8-15(3)18-13-16-9-5-4-6-10-16/h4-6,9-10,14-15,17H,7-8,11-13H2,1-3H3. The molecular weight excluding hydrogens is 222 g/mol. The summed E-state index contributed by atoms with van der Waals surface area (Å²) in [5.74, 6) is 0.733. The summed E-state index contributed by atoms with van der Waals surface area (Å²) in [7, 11) is 0. The predicted octanol–water partition coefficient (Wildman–Crippen LogP) is 3.62. The van der Waals surface area contributed by atoms with Crippen LogP contribution < -0.4 is 5.32 Å². The van der Waals surface area contributed by atoms with Gasteiger partial charge in [-0.2, -0.15) is 0 Å².